The molecule has 3 N–H and O–H groups in total. The molecule has 0 fully saturated rings. The van der Waals surface area contributed by atoms with Crippen LogP contribution in [0.3, 0.4) is 0 Å². The molecule has 0 saturated heterocycles. The summed E-state index contributed by atoms with van der Waals surface area (Å²) in [4.78, 5) is 36.9. The van der Waals surface area contributed by atoms with Crippen LogP contribution in [0.15, 0.2) is 47.4 Å². The van der Waals surface area contributed by atoms with Crippen molar-refractivity contribution in [2.75, 3.05) is 6.61 Å². The largest absolute Gasteiger partial charge is 0.494 e. The van der Waals surface area contributed by atoms with E-state index >= 15 is 0 Å². The van der Waals surface area contributed by atoms with Crippen molar-refractivity contribution in [2.24, 2.45) is 0 Å². The molecule has 22 heavy (non-hydrogen) atoms. The second kappa shape index (κ2) is 7.07. The molecule has 1 heterocycles. The summed E-state index contributed by atoms with van der Waals surface area (Å²) in [5, 5.41) is 0. The molecule has 0 saturated carbocycles. The Morgan fingerprint density at radius 1 is 1.00 bits per heavy atom. The molecule has 1 aromatic carbocycles. The van der Waals surface area contributed by atoms with Gasteiger partial charge in [0.25, 0.3) is 11.8 Å². The Bertz CT molecular complexity index is 702. The van der Waals surface area contributed by atoms with Crippen LogP contribution in [0.1, 0.15) is 27.6 Å². The predicted octanol–water partition coefficient (Wildman–Crippen LogP) is 0.848. The lowest BCUT2D eigenvalue weighted by Gasteiger charge is -2.08. The van der Waals surface area contributed by atoms with Crippen molar-refractivity contribution in [2.45, 2.75) is 6.92 Å². The summed E-state index contributed by atoms with van der Waals surface area (Å²) < 4.78 is 5.28. The van der Waals surface area contributed by atoms with Gasteiger partial charge in [-0.2, -0.15) is 0 Å². The van der Waals surface area contributed by atoms with Crippen LogP contribution in [0.5, 0.6) is 5.75 Å². The van der Waals surface area contributed by atoms with Crippen molar-refractivity contribution < 1.29 is 14.3 Å². The Hall–Kier alpha value is -3.09. The highest BCUT2D eigenvalue weighted by Crippen LogP contribution is 2.11. The van der Waals surface area contributed by atoms with Crippen LogP contribution >= 0.6 is 0 Å². The number of nitrogens with one attached hydrogen (secondary N) is 3. The maximum Gasteiger partial charge on any atom is 0.271 e. The topological polar surface area (TPSA) is 100 Å². The summed E-state index contributed by atoms with van der Waals surface area (Å²) in [6.45, 7) is 2.41. The van der Waals surface area contributed by atoms with Crippen molar-refractivity contribution in [1.82, 2.24) is 15.8 Å². The molecule has 2 rings (SSSR count). The van der Waals surface area contributed by atoms with E-state index in [0.717, 1.165) is 0 Å². The van der Waals surface area contributed by atoms with Crippen LogP contribution in [-0.2, 0) is 0 Å². The molecule has 0 aliphatic rings. The van der Waals surface area contributed by atoms with E-state index in [2.05, 4.69) is 15.8 Å². The fraction of sp³-hybridized carbons (Fsp3) is 0.133. The molecule has 2 aromatic rings. The van der Waals surface area contributed by atoms with E-state index < -0.39 is 11.8 Å². The first kappa shape index (κ1) is 15.3. The lowest BCUT2D eigenvalue weighted by atomic mass is 10.2. The molecule has 2 amide bonds. The van der Waals surface area contributed by atoms with Crippen molar-refractivity contribution in [3.05, 3.63) is 64.1 Å². The lowest BCUT2D eigenvalue weighted by molar-refractivity contribution is 0.0846. The lowest BCUT2D eigenvalue weighted by Crippen LogP contribution is -2.41. The molecule has 114 valence electrons. The van der Waals surface area contributed by atoms with E-state index in [4.69, 9.17) is 4.74 Å². The number of hydrogen-bond acceptors (Lipinski definition) is 4. The fourth-order valence-electron chi connectivity index (χ4n) is 1.68. The molecule has 1 aromatic heterocycles. The van der Waals surface area contributed by atoms with Gasteiger partial charge in [-0.25, -0.2) is 0 Å². The fourth-order valence-corrected chi connectivity index (χ4v) is 1.68. The second-order valence-corrected chi connectivity index (χ2v) is 4.31. The number of carbonyl (C=O) groups is 2. The minimum absolute atomic E-state index is 0.228. The zero-order valence-electron chi connectivity index (χ0n) is 11.9. The Morgan fingerprint density at radius 2 is 1.59 bits per heavy atom. The Balaban J connectivity index is 1.93. The maximum absolute atomic E-state index is 11.9. The van der Waals surface area contributed by atoms with Gasteiger partial charge in [-0.1, -0.05) is 0 Å². The maximum atomic E-state index is 11.9. The third-order valence-electron chi connectivity index (χ3n) is 2.76. The number of pyridine rings is 1. The third-order valence-corrected chi connectivity index (χ3v) is 2.76. The SMILES string of the molecule is CCOc1ccc(C(=O)NNC(=O)c2ccc(=O)[nH]c2)cc1. The third kappa shape index (κ3) is 3.95. The van der Waals surface area contributed by atoms with Gasteiger partial charge in [0.1, 0.15) is 5.75 Å². The summed E-state index contributed by atoms with van der Waals surface area (Å²) in [6.07, 6.45) is 1.26. The first-order chi connectivity index (χ1) is 10.6. The number of H-pyrrole nitrogens is 1. The van der Waals surface area contributed by atoms with Crippen molar-refractivity contribution in [1.29, 1.82) is 0 Å². The van der Waals surface area contributed by atoms with Crippen molar-refractivity contribution >= 4 is 11.8 Å². The van der Waals surface area contributed by atoms with E-state index in [1.807, 2.05) is 6.92 Å². The van der Waals surface area contributed by atoms with Crippen LogP contribution in [-0.4, -0.2) is 23.4 Å². The molecular weight excluding hydrogens is 286 g/mol. The number of ether oxygens (including phenoxy) is 1. The van der Waals surface area contributed by atoms with E-state index in [-0.39, 0.29) is 11.1 Å². The highest BCUT2D eigenvalue weighted by molar-refractivity contribution is 5.98. The van der Waals surface area contributed by atoms with Gasteiger partial charge in [0.15, 0.2) is 0 Å². The zero-order chi connectivity index (χ0) is 15.9. The van der Waals surface area contributed by atoms with Gasteiger partial charge in [-0.05, 0) is 37.3 Å². The molecule has 7 nitrogen and oxygen atoms in total. The Kier molecular flexibility index (Phi) is 4.92. The quantitative estimate of drug-likeness (QED) is 0.729. The monoisotopic (exact) mass is 301 g/mol. The van der Waals surface area contributed by atoms with Crippen LogP contribution in [0.25, 0.3) is 0 Å². The van der Waals surface area contributed by atoms with E-state index in [0.29, 0.717) is 17.9 Å². The molecule has 0 radical (unpaired) electrons. The van der Waals surface area contributed by atoms with Crippen molar-refractivity contribution in [3.63, 3.8) is 0 Å². The number of carbonyl (C=O) groups excluding carboxylic acids is 2. The van der Waals surface area contributed by atoms with Crippen LogP contribution in [0.4, 0.5) is 0 Å². The smallest absolute Gasteiger partial charge is 0.271 e. The number of rotatable bonds is 4. The zero-order valence-corrected chi connectivity index (χ0v) is 11.9. The first-order valence-corrected chi connectivity index (χ1v) is 6.62. The minimum Gasteiger partial charge on any atom is -0.494 e. The van der Waals surface area contributed by atoms with Crippen LogP contribution < -0.4 is 21.1 Å². The molecular formula is C15H15N3O4. The highest BCUT2D eigenvalue weighted by Gasteiger charge is 2.09. The number of aromatic amines is 1. The van der Waals surface area contributed by atoms with Gasteiger partial charge in [0.2, 0.25) is 5.56 Å². The van der Waals surface area contributed by atoms with E-state index in [1.165, 1.54) is 18.3 Å². The van der Waals surface area contributed by atoms with Gasteiger partial charge in [0.05, 0.1) is 12.2 Å². The Morgan fingerprint density at radius 3 is 2.14 bits per heavy atom. The summed E-state index contributed by atoms with van der Waals surface area (Å²) in [7, 11) is 0. The Labute approximate surface area is 126 Å². The average Bonchev–Trinajstić information content (AvgIpc) is 2.54. The summed E-state index contributed by atoms with van der Waals surface area (Å²) >= 11 is 0. The minimum atomic E-state index is -0.532. The van der Waals surface area contributed by atoms with E-state index in [9.17, 15) is 14.4 Å². The van der Waals surface area contributed by atoms with Gasteiger partial charge >= 0.3 is 0 Å². The molecule has 0 bridgehead atoms. The normalized spacial score (nSPS) is 9.86. The highest BCUT2D eigenvalue weighted by atomic mass is 16.5. The van der Waals surface area contributed by atoms with Crippen LogP contribution in [0, 0.1) is 0 Å². The number of hydrogen-bond donors (Lipinski definition) is 3. The molecule has 0 aliphatic heterocycles. The molecule has 7 heteroatoms. The molecule has 0 spiro atoms. The number of hydrazine groups is 1. The van der Waals surface area contributed by atoms with Gasteiger partial charge in [0, 0.05) is 17.8 Å². The summed E-state index contributed by atoms with van der Waals surface area (Å²) in [5.74, 6) is -0.326. The second-order valence-electron chi connectivity index (χ2n) is 4.31. The predicted molar refractivity (Wildman–Crippen MR) is 79.6 cm³/mol. The van der Waals surface area contributed by atoms with Gasteiger partial charge < -0.3 is 9.72 Å². The van der Waals surface area contributed by atoms with Crippen molar-refractivity contribution in [3.8, 4) is 5.75 Å². The standard InChI is InChI=1S/C15H15N3O4/c1-2-22-12-6-3-10(4-7-12)14(20)17-18-15(21)11-5-8-13(19)16-9-11/h3-9H,2H2,1H3,(H,16,19)(H,17,20)(H,18,21). The summed E-state index contributed by atoms with van der Waals surface area (Å²) in [6, 6.07) is 9.10. The molecule has 0 aliphatic carbocycles. The number of aromatic nitrogens is 1. The van der Waals surface area contributed by atoms with E-state index in [1.54, 1.807) is 24.3 Å². The van der Waals surface area contributed by atoms with Gasteiger partial charge in [-0.15, -0.1) is 0 Å². The first-order valence-electron chi connectivity index (χ1n) is 6.62. The average molecular weight is 301 g/mol. The number of benzene rings is 1. The number of amides is 2. The van der Waals surface area contributed by atoms with Gasteiger partial charge in [-0.3, -0.25) is 25.2 Å². The summed E-state index contributed by atoms with van der Waals surface area (Å²) in [5.41, 5.74) is 4.85. The molecule has 0 unspecified atom stereocenters. The molecule has 0 atom stereocenters. The van der Waals surface area contributed by atoms with Crippen LogP contribution in [0.2, 0.25) is 0 Å².